The van der Waals surface area contributed by atoms with Crippen molar-refractivity contribution in [3.05, 3.63) is 28.2 Å². The van der Waals surface area contributed by atoms with Crippen LogP contribution in [0.5, 0.6) is 5.75 Å². The number of carbonyl (C=O) groups is 3. The van der Waals surface area contributed by atoms with E-state index >= 15 is 0 Å². The third-order valence-electron chi connectivity index (χ3n) is 2.60. The summed E-state index contributed by atoms with van der Waals surface area (Å²) in [5.41, 5.74) is 0. The molecule has 23 heavy (non-hydrogen) atoms. The molecule has 0 heterocycles. The summed E-state index contributed by atoms with van der Waals surface area (Å²) in [6, 6.07) is 4.51. The summed E-state index contributed by atoms with van der Waals surface area (Å²) in [5, 5.41) is 2.54. The molecule has 9 heteroatoms. The standard InChI is InChI=1S/C14H15Cl2NO6/c1-7(12(18)17-14(20)21-3)23-13(19)8(2)22-11-5-4-9(15)6-10(11)16/h4-8H,1-3H3,(H,17,18,20)/t7-,8-/m1/s1. The Hall–Kier alpha value is -1.99. The van der Waals surface area contributed by atoms with Gasteiger partial charge in [-0.05, 0) is 32.0 Å². The molecule has 0 aliphatic heterocycles. The van der Waals surface area contributed by atoms with Crippen LogP contribution in [0.15, 0.2) is 18.2 Å². The van der Waals surface area contributed by atoms with Crippen LogP contribution >= 0.6 is 23.2 Å². The average Bonchev–Trinajstić information content (AvgIpc) is 2.49. The molecule has 1 aromatic carbocycles. The Morgan fingerprint density at radius 1 is 1.13 bits per heavy atom. The highest BCUT2D eigenvalue weighted by molar-refractivity contribution is 6.35. The van der Waals surface area contributed by atoms with Crippen molar-refractivity contribution in [1.82, 2.24) is 5.32 Å². The number of ether oxygens (including phenoxy) is 3. The number of nitrogens with one attached hydrogen (secondary N) is 1. The van der Waals surface area contributed by atoms with Gasteiger partial charge in [-0.15, -0.1) is 0 Å². The van der Waals surface area contributed by atoms with Crippen LogP contribution in [-0.2, 0) is 19.1 Å². The Bertz CT molecular complexity index is 607. The van der Waals surface area contributed by atoms with Gasteiger partial charge in [0.1, 0.15) is 5.75 Å². The van der Waals surface area contributed by atoms with Crippen molar-refractivity contribution in [3.63, 3.8) is 0 Å². The molecule has 0 aliphatic carbocycles. The smallest absolute Gasteiger partial charge is 0.413 e. The highest BCUT2D eigenvalue weighted by atomic mass is 35.5. The summed E-state index contributed by atoms with van der Waals surface area (Å²) in [6.45, 7) is 2.73. The molecule has 126 valence electrons. The number of alkyl carbamates (subject to hydrolysis) is 1. The van der Waals surface area contributed by atoms with Crippen LogP contribution < -0.4 is 10.1 Å². The zero-order valence-electron chi connectivity index (χ0n) is 12.6. The van der Waals surface area contributed by atoms with E-state index in [0.29, 0.717) is 5.02 Å². The molecule has 0 radical (unpaired) electrons. The van der Waals surface area contributed by atoms with Gasteiger partial charge in [0.2, 0.25) is 0 Å². The molecule has 0 saturated carbocycles. The summed E-state index contributed by atoms with van der Waals surface area (Å²) in [5.74, 6) is -1.38. The number of hydrogen-bond donors (Lipinski definition) is 1. The van der Waals surface area contributed by atoms with E-state index in [2.05, 4.69) is 4.74 Å². The lowest BCUT2D eigenvalue weighted by atomic mass is 10.3. The highest BCUT2D eigenvalue weighted by Crippen LogP contribution is 2.28. The van der Waals surface area contributed by atoms with Gasteiger partial charge in [-0.25, -0.2) is 9.59 Å². The van der Waals surface area contributed by atoms with Crippen LogP contribution in [0.4, 0.5) is 4.79 Å². The lowest BCUT2D eigenvalue weighted by molar-refractivity contribution is -0.160. The number of carbonyl (C=O) groups excluding carboxylic acids is 3. The Kier molecular flexibility index (Phi) is 7.12. The predicted octanol–water partition coefficient (Wildman–Crippen LogP) is 2.58. The molecule has 7 nitrogen and oxygen atoms in total. The number of esters is 1. The van der Waals surface area contributed by atoms with Gasteiger partial charge in [0.25, 0.3) is 5.91 Å². The highest BCUT2D eigenvalue weighted by Gasteiger charge is 2.25. The van der Waals surface area contributed by atoms with Gasteiger partial charge < -0.3 is 14.2 Å². The van der Waals surface area contributed by atoms with Gasteiger partial charge in [-0.1, -0.05) is 23.2 Å². The van der Waals surface area contributed by atoms with Crippen molar-refractivity contribution < 1.29 is 28.6 Å². The van der Waals surface area contributed by atoms with Crippen molar-refractivity contribution in [2.75, 3.05) is 7.11 Å². The van der Waals surface area contributed by atoms with Crippen LogP contribution in [0.25, 0.3) is 0 Å². The molecule has 1 N–H and O–H groups in total. The number of benzene rings is 1. The molecule has 0 aliphatic rings. The monoisotopic (exact) mass is 363 g/mol. The van der Waals surface area contributed by atoms with Crippen LogP contribution in [0, 0.1) is 0 Å². The SMILES string of the molecule is COC(=O)NC(=O)[C@@H](C)OC(=O)[C@@H](C)Oc1ccc(Cl)cc1Cl. The van der Waals surface area contributed by atoms with E-state index in [0.717, 1.165) is 7.11 Å². The second kappa shape index (κ2) is 8.59. The van der Waals surface area contributed by atoms with Gasteiger partial charge in [-0.2, -0.15) is 0 Å². The Balaban J connectivity index is 2.59. The summed E-state index contributed by atoms with van der Waals surface area (Å²) in [6.07, 6.45) is -3.18. The second-order valence-corrected chi connectivity index (χ2v) is 5.24. The zero-order chi connectivity index (χ0) is 17.6. The topological polar surface area (TPSA) is 90.9 Å². The molecule has 1 rings (SSSR count). The first kappa shape index (κ1) is 19.1. The summed E-state index contributed by atoms with van der Waals surface area (Å²) < 4.78 is 14.5. The molecular weight excluding hydrogens is 349 g/mol. The van der Waals surface area contributed by atoms with Gasteiger partial charge >= 0.3 is 12.1 Å². The lowest BCUT2D eigenvalue weighted by Crippen LogP contribution is -2.41. The molecular formula is C14H15Cl2NO6. The normalized spacial score (nSPS) is 12.7. The summed E-state index contributed by atoms with van der Waals surface area (Å²) in [7, 11) is 1.10. The Morgan fingerprint density at radius 2 is 1.78 bits per heavy atom. The maximum atomic E-state index is 11.9. The number of imide groups is 1. The van der Waals surface area contributed by atoms with E-state index in [1.54, 1.807) is 6.07 Å². The molecule has 0 unspecified atom stereocenters. The maximum absolute atomic E-state index is 11.9. The first-order valence-corrected chi connectivity index (χ1v) is 7.21. The minimum absolute atomic E-state index is 0.230. The number of hydrogen-bond acceptors (Lipinski definition) is 6. The Morgan fingerprint density at radius 3 is 2.35 bits per heavy atom. The van der Waals surface area contributed by atoms with E-state index in [4.69, 9.17) is 32.7 Å². The molecule has 0 aromatic heterocycles. The fraction of sp³-hybridized carbons (Fsp3) is 0.357. The molecule has 2 atom stereocenters. The molecule has 0 spiro atoms. The maximum Gasteiger partial charge on any atom is 0.413 e. The van der Waals surface area contributed by atoms with Crippen LogP contribution in [0.2, 0.25) is 10.0 Å². The first-order valence-electron chi connectivity index (χ1n) is 6.45. The Labute approximate surface area is 142 Å². The molecule has 2 amide bonds. The van der Waals surface area contributed by atoms with E-state index in [1.165, 1.54) is 26.0 Å². The number of rotatable bonds is 5. The third kappa shape index (κ3) is 5.96. The molecule has 1 aromatic rings. The van der Waals surface area contributed by atoms with Crippen molar-refractivity contribution in [1.29, 1.82) is 0 Å². The van der Waals surface area contributed by atoms with Crippen LogP contribution in [0.3, 0.4) is 0 Å². The minimum atomic E-state index is -1.20. The quantitative estimate of drug-likeness (QED) is 0.808. The van der Waals surface area contributed by atoms with Crippen LogP contribution in [0.1, 0.15) is 13.8 Å². The van der Waals surface area contributed by atoms with Crippen molar-refractivity contribution in [3.8, 4) is 5.75 Å². The predicted molar refractivity (Wildman–Crippen MR) is 82.7 cm³/mol. The largest absolute Gasteiger partial charge is 0.477 e. The van der Waals surface area contributed by atoms with Crippen molar-refractivity contribution in [2.24, 2.45) is 0 Å². The number of amides is 2. The number of halogens is 2. The van der Waals surface area contributed by atoms with Gasteiger partial charge in [0, 0.05) is 5.02 Å². The van der Waals surface area contributed by atoms with Crippen molar-refractivity contribution >= 4 is 41.2 Å². The fourth-order valence-electron chi connectivity index (χ4n) is 1.39. The third-order valence-corrected chi connectivity index (χ3v) is 3.13. The van der Waals surface area contributed by atoms with Crippen molar-refractivity contribution in [2.45, 2.75) is 26.1 Å². The summed E-state index contributed by atoms with van der Waals surface area (Å²) in [4.78, 5) is 34.3. The molecule has 0 bridgehead atoms. The fourth-order valence-corrected chi connectivity index (χ4v) is 1.84. The summed E-state index contributed by atoms with van der Waals surface area (Å²) >= 11 is 11.7. The number of methoxy groups -OCH3 is 1. The first-order chi connectivity index (χ1) is 10.7. The molecule has 0 fully saturated rings. The zero-order valence-corrected chi connectivity index (χ0v) is 14.1. The van der Waals surface area contributed by atoms with E-state index in [-0.39, 0.29) is 10.8 Å². The van der Waals surface area contributed by atoms with E-state index < -0.39 is 30.2 Å². The lowest BCUT2D eigenvalue weighted by Gasteiger charge is -2.17. The minimum Gasteiger partial charge on any atom is -0.477 e. The van der Waals surface area contributed by atoms with Gasteiger partial charge in [-0.3, -0.25) is 10.1 Å². The average molecular weight is 364 g/mol. The van der Waals surface area contributed by atoms with Gasteiger partial charge in [0.15, 0.2) is 12.2 Å². The van der Waals surface area contributed by atoms with E-state index in [1.807, 2.05) is 5.32 Å². The van der Waals surface area contributed by atoms with Gasteiger partial charge in [0.05, 0.1) is 12.1 Å². The second-order valence-electron chi connectivity index (χ2n) is 4.39. The van der Waals surface area contributed by atoms with E-state index in [9.17, 15) is 14.4 Å². The molecule has 0 saturated heterocycles. The van der Waals surface area contributed by atoms with Crippen LogP contribution in [-0.4, -0.2) is 37.3 Å².